The van der Waals surface area contributed by atoms with Gasteiger partial charge in [-0.1, -0.05) is 83.9 Å². The molecule has 3 nitrogen and oxygen atoms in total. The lowest BCUT2D eigenvalue weighted by Crippen LogP contribution is -2.54. The van der Waals surface area contributed by atoms with Crippen LogP contribution in [0.4, 0.5) is 5.69 Å². The highest BCUT2D eigenvalue weighted by Crippen LogP contribution is 2.45. The molecule has 3 aromatic rings. The third-order valence-electron chi connectivity index (χ3n) is 5.73. The summed E-state index contributed by atoms with van der Waals surface area (Å²) >= 11 is 0. The van der Waals surface area contributed by atoms with Gasteiger partial charge in [0, 0.05) is 11.3 Å². The molecule has 1 heterocycles. The summed E-state index contributed by atoms with van der Waals surface area (Å²) in [4.78, 5) is 27.6. The largest absolute Gasteiger partial charge is 0.303 e. The van der Waals surface area contributed by atoms with Gasteiger partial charge in [-0.3, -0.25) is 9.59 Å². The lowest BCUT2D eigenvalue weighted by atomic mass is 9.80. The standard InChI is InChI=1S/C27H25NO2/c1-18-8-12-21(13-9-18)25(29)17-16-23-26(22-14-10-19(2)11-15-22)28(27(23)30)24-7-5-4-6-20(24)3/h4-17,23,26H,1-3H3/b17-16+/t23-,26?/m1/s1. The Bertz CT molecular complexity index is 1110. The molecule has 1 fully saturated rings. The molecule has 0 spiro atoms. The maximum atomic E-state index is 13.1. The number of rotatable bonds is 5. The van der Waals surface area contributed by atoms with Crippen LogP contribution < -0.4 is 4.90 Å². The molecule has 1 unspecified atom stereocenters. The van der Waals surface area contributed by atoms with Crippen molar-refractivity contribution in [2.45, 2.75) is 26.8 Å². The van der Waals surface area contributed by atoms with Crippen LogP contribution in [0.3, 0.4) is 0 Å². The second-order valence-corrected chi connectivity index (χ2v) is 7.97. The van der Waals surface area contributed by atoms with Crippen molar-refractivity contribution in [2.24, 2.45) is 5.92 Å². The lowest BCUT2D eigenvalue weighted by Gasteiger charge is -2.47. The van der Waals surface area contributed by atoms with Crippen LogP contribution >= 0.6 is 0 Å². The van der Waals surface area contributed by atoms with Crippen LogP contribution in [-0.2, 0) is 4.79 Å². The molecule has 0 aliphatic carbocycles. The third kappa shape index (κ3) is 3.71. The summed E-state index contributed by atoms with van der Waals surface area (Å²) in [6.45, 7) is 6.05. The van der Waals surface area contributed by atoms with Crippen LogP contribution in [0.25, 0.3) is 0 Å². The predicted octanol–water partition coefficient (Wildman–Crippen LogP) is 5.76. The highest BCUT2D eigenvalue weighted by Gasteiger charge is 2.47. The first-order valence-corrected chi connectivity index (χ1v) is 10.2. The molecule has 3 aromatic carbocycles. The first kappa shape index (κ1) is 19.8. The lowest BCUT2D eigenvalue weighted by molar-refractivity contribution is -0.128. The smallest absolute Gasteiger partial charge is 0.237 e. The molecule has 1 amide bonds. The number of para-hydroxylation sites is 1. The fraction of sp³-hybridized carbons (Fsp3) is 0.185. The van der Waals surface area contributed by atoms with Crippen molar-refractivity contribution in [3.8, 4) is 0 Å². The van der Waals surface area contributed by atoms with E-state index in [-0.39, 0.29) is 23.7 Å². The Balaban J connectivity index is 1.65. The van der Waals surface area contributed by atoms with E-state index in [0.29, 0.717) is 5.56 Å². The summed E-state index contributed by atoms with van der Waals surface area (Å²) in [6.07, 6.45) is 3.31. The molecule has 1 aliphatic rings. The van der Waals surface area contributed by atoms with Gasteiger partial charge in [0.2, 0.25) is 5.91 Å². The van der Waals surface area contributed by atoms with Crippen molar-refractivity contribution in [2.75, 3.05) is 4.90 Å². The van der Waals surface area contributed by atoms with Gasteiger partial charge in [0.05, 0.1) is 12.0 Å². The van der Waals surface area contributed by atoms with Crippen molar-refractivity contribution in [3.05, 3.63) is 113 Å². The zero-order valence-corrected chi connectivity index (χ0v) is 17.5. The van der Waals surface area contributed by atoms with Gasteiger partial charge < -0.3 is 4.90 Å². The molecule has 0 saturated carbocycles. The molecule has 150 valence electrons. The molecule has 0 aromatic heterocycles. The molecule has 30 heavy (non-hydrogen) atoms. The van der Waals surface area contributed by atoms with Gasteiger partial charge in [-0.15, -0.1) is 0 Å². The van der Waals surface area contributed by atoms with E-state index >= 15 is 0 Å². The van der Waals surface area contributed by atoms with E-state index in [4.69, 9.17) is 0 Å². The number of β-lactam (4-membered cyclic amide) rings is 1. The van der Waals surface area contributed by atoms with Gasteiger partial charge in [0.25, 0.3) is 0 Å². The molecular weight excluding hydrogens is 370 g/mol. The zero-order valence-electron chi connectivity index (χ0n) is 17.5. The first-order valence-electron chi connectivity index (χ1n) is 10.2. The molecule has 0 bridgehead atoms. The Morgan fingerprint density at radius 1 is 0.833 bits per heavy atom. The minimum Gasteiger partial charge on any atom is -0.303 e. The topological polar surface area (TPSA) is 37.4 Å². The quantitative estimate of drug-likeness (QED) is 0.313. The van der Waals surface area contributed by atoms with Crippen molar-refractivity contribution < 1.29 is 9.59 Å². The number of hydrogen-bond acceptors (Lipinski definition) is 2. The van der Waals surface area contributed by atoms with E-state index in [0.717, 1.165) is 22.4 Å². The SMILES string of the molecule is Cc1ccc(C(=O)/C=C/[C@H]2C(=O)N(c3ccccc3C)C2c2ccc(C)cc2)cc1. The number of anilines is 1. The van der Waals surface area contributed by atoms with Crippen LogP contribution in [0.1, 0.15) is 38.7 Å². The molecule has 4 rings (SSSR count). The Kier molecular flexibility index (Phi) is 5.37. The second-order valence-electron chi connectivity index (χ2n) is 7.97. The van der Waals surface area contributed by atoms with E-state index in [2.05, 4.69) is 24.3 Å². The normalized spacial score (nSPS) is 18.5. The van der Waals surface area contributed by atoms with Crippen LogP contribution in [-0.4, -0.2) is 11.7 Å². The fourth-order valence-corrected chi connectivity index (χ4v) is 3.93. The minimum absolute atomic E-state index is 0.0165. The van der Waals surface area contributed by atoms with E-state index in [1.54, 1.807) is 12.2 Å². The van der Waals surface area contributed by atoms with Gasteiger partial charge in [0.1, 0.15) is 0 Å². The van der Waals surface area contributed by atoms with E-state index in [9.17, 15) is 9.59 Å². The molecule has 1 saturated heterocycles. The zero-order chi connectivity index (χ0) is 21.3. The number of benzene rings is 3. The number of nitrogens with zero attached hydrogens (tertiary/aromatic N) is 1. The summed E-state index contributed by atoms with van der Waals surface area (Å²) < 4.78 is 0. The van der Waals surface area contributed by atoms with Crippen LogP contribution in [0, 0.1) is 26.7 Å². The van der Waals surface area contributed by atoms with E-state index in [1.165, 1.54) is 5.56 Å². The summed E-state index contributed by atoms with van der Waals surface area (Å²) in [6, 6.07) is 23.5. The maximum Gasteiger partial charge on any atom is 0.237 e. The van der Waals surface area contributed by atoms with Gasteiger partial charge in [-0.2, -0.15) is 0 Å². The van der Waals surface area contributed by atoms with Gasteiger partial charge >= 0.3 is 0 Å². The Morgan fingerprint density at radius 3 is 2.07 bits per heavy atom. The molecule has 2 atom stereocenters. The number of aryl methyl sites for hydroxylation is 3. The van der Waals surface area contributed by atoms with E-state index < -0.39 is 0 Å². The summed E-state index contributed by atoms with van der Waals surface area (Å²) in [7, 11) is 0. The fourth-order valence-electron chi connectivity index (χ4n) is 3.93. The predicted molar refractivity (Wildman–Crippen MR) is 121 cm³/mol. The molecule has 1 aliphatic heterocycles. The minimum atomic E-state index is -0.360. The number of carbonyl (C=O) groups excluding carboxylic acids is 2. The maximum absolute atomic E-state index is 13.1. The number of amides is 1. The summed E-state index contributed by atoms with van der Waals surface area (Å²) in [5.74, 6) is -0.427. The average Bonchev–Trinajstić information content (AvgIpc) is 2.74. The van der Waals surface area contributed by atoms with Crippen LogP contribution in [0.2, 0.25) is 0 Å². The van der Waals surface area contributed by atoms with Crippen LogP contribution in [0.15, 0.2) is 84.9 Å². The van der Waals surface area contributed by atoms with Gasteiger partial charge in [-0.05, 0) is 44.0 Å². The first-order chi connectivity index (χ1) is 14.5. The molecule has 0 N–H and O–H groups in total. The molecule has 0 radical (unpaired) electrons. The van der Waals surface area contributed by atoms with Crippen molar-refractivity contribution >= 4 is 17.4 Å². The van der Waals surface area contributed by atoms with Gasteiger partial charge in [0.15, 0.2) is 5.78 Å². The monoisotopic (exact) mass is 395 g/mol. The second kappa shape index (κ2) is 8.11. The van der Waals surface area contributed by atoms with E-state index in [1.807, 2.05) is 74.2 Å². The number of carbonyl (C=O) groups is 2. The average molecular weight is 396 g/mol. The number of ketones is 1. The van der Waals surface area contributed by atoms with Gasteiger partial charge in [-0.25, -0.2) is 0 Å². The molecular formula is C27H25NO2. The number of hydrogen-bond donors (Lipinski definition) is 0. The Hall–Kier alpha value is -3.46. The van der Waals surface area contributed by atoms with Crippen molar-refractivity contribution in [1.29, 1.82) is 0 Å². The Labute approximate surface area is 177 Å². The third-order valence-corrected chi connectivity index (χ3v) is 5.73. The van der Waals surface area contributed by atoms with Crippen molar-refractivity contribution in [3.63, 3.8) is 0 Å². The summed E-state index contributed by atoms with van der Waals surface area (Å²) in [5, 5.41) is 0. The number of allylic oxidation sites excluding steroid dienone is 1. The highest BCUT2D eigenvalue weighted by atomic mass is 16.2. The Morgan fingerprint density at radius 2 is 1.43 bits per heavy atom. The summed E-state index contributed by atoms with van der Waals surface area (Å²) in [5.41, 5.74) is 5.96. The van der Waals surface area contributed by atoms with Crippen molar-refractivity contribution in [1.82, 2.24) is 0 Å². The molecule has 3 heteroatoms. The highest BCUT2D eigenvalue weighted by molar-refractivity contribution is 6.08. The van der Waals surface area contributed by atoms with Crippen LogP contribution in [0.5, 0.6) is 0 Å².